The Morgan fingerprint density at radius 1 is 0.914 bits per heavy atom. The number of nitrogens with two attached hydrogens (primary N) is 1. The fraction of sp³-hybridized carbons (Fsp3) is 0.517. The van der Waals surface area contributed by atoms with Gasteiger partial charge in [0.05, 0.1) is 24.6 Å². The lowest BCUT2D eigenvalue weighted by Gasteiger charge is -2.24. The Balaban J connectivity index is 2.13. The first-order valence-corrected chi connectivity index (χ1v) is 12.9. The van der Waals surface area contributed by atoms with Gasteiger partial charge in [0.2, 0.25) is 11.8 Å². The topological polar surface area (TPSA) is 93.4 Å². The van der Waals surface area contributed by atoms with Gasteiger partial charge in [0.25, 0.3) is 0 Å². The molecule has 35 heavy (non-hydrogen) atoms. The van der Waals surface area contributed by atoms with E-state index in [2.05, 4.69) is 24.5 Å². The van der Waals surface area contributed by atoms with Gasteiger partial charge in [0, 0.05) is 6.54 Å². The molecule has 2 aromatic carbocycles. The summed E-state index contributed by atoms with van der Waals surface area (Å²) in [5, 5.41) is 6.06. The van der Waals surface area contributed by atoms with Crippen molar-refractivity contribution in [2.24, 2.45) is 17.6 Å². The van der Waals surface area contributed by atoms with Crippen LogP contribution in [0.2, 0.25) is 0 Å². The van der Waals surface area contributed by atoms with Crippen LogP contribution in [-0.2, 0) is 9.59 Å². The molecule has 4 N–H and O–H groups in total. The summed E-state index contributed by atoms with van der Waals surface area (Å²) >= 11 is 0. The second kappa shape index (κ2) is 14.5. The number of nitrogens with one attached hydrogen (secondary N) is 2. The van der Waals surface area contributed by atoms with E-state index in [1.54, 1.807) is 0 Å². The van der Waals surface area contributed by atoms with Gasteiger partial charge in [0.15, 0.2) is 0 Å². The largest absolute Gasteiger partial charge is 0.493 e. The first-order chi connectivity index (χ1) is 16.8. The standard InChI is InChI=1S/C29H43N3O3/c1-6-11-20(3)19-35-25-16-14-24(15-17-25)26(18-31-29(34)27(30)21(4)7-2)32-28(33)22(5)23-12-9-8-10-13-23/h8-10,12-17,20-22,26-27H,6-7,11,18-19,30H2,1-5H3,(H,31,34)(H,32,33)/t20?,21-,22?,26+,27+/m1/s1. The maximum atomic E-state index is 13.1. The first-order valence-electron chi connectivity index (χ1n) is 12.9. The molecule has 0 aliphatic rings. The molecule has 0 saturated carbocycles. The molecule has 192 valence electrons. The highest BCUT2D eigenvalue weighted by atomic mass is 16.5. The van der Waals surface area contributed by atoms with Crippen molar-refractivity contribution in [1.29, 1.82) is 0 Å². The third-order valence-electron chi connectivity index (χ3n) is 6.65. The van der Waals surface area contributed by atoms with Crippen LogP contribution in [0.1, 0.15) is 77.0 Å². The summed E-state index contributed by atoms with van der Waals surface area (Å²) < 4.78 is 5.93. The van der Waals surface area contributed by atoms with Crippen LogP contribution >= 0.6 is 0 Å². The average Bonchev–Trinajstić information content (AvgIpc) is 2.89. The van der Waals surface area contributed by atoms with Gasteiger partial charge < -0.3 is 21.1 Å². The third kappa shape index (κ3) is 9.02. The van der Waals surface area contributed by atoms with E-state index in [1.165, 1.54) is 0 Å². The summed E-state index contributed by atoms with van der Waals surface area (Å²) in [5.74, 6) is 0.737. The zero-order valence-electron chi connectivity index (χ0n) is 21.9. The van der Waals surface area contributed by atoms with Gasteiger partial charge in [-0.15, -0.1) is 0 Å². The van der Waals surface area contributed by atoms with Crippen molar-refractivity contribution in [3.05, 3.63) is 65.7 Å². The van der Waals surface area contributed by atoms with Crippen LogP contribution in [0.3, 0.4) is 0 Å². The fourth-order valence-corrected chi connectivity index (χ4v) is 3.89. The molecule has 0 aliphatic heterocycles. The van der Waals surface area contributed by atoms with E-state index in [0.717, 1.165) is 36.1 Å². The monoisotopic (exact) mass is 481 g/mol. The van der Waals surface area contributed by atoms with E-state index >= 15 is 0 Å². The van der Waals surface area contributed by atoms with Crippen molar-refractivity contribution in [2.45, 2.75) is 71.9 Å². The lowest BCUT2D eigenvalue weighted by atomic mass is 9.98. The van der Waals surface area contributed by atoms with Gasteiger partial charge in [-0.2, -0.15) is 0 Å². The highest BCUT2D eigenvalue weighted by Crippen LogP contribution is 2.21. The molecule has 0 spiro atoms. The minimum Gasteiger partial charge on any atom is -0.493 e. The third-order valence-corrected chi connectivity index (χ3v) is 6.65. The molecule has 0 fully saturated rings. The predicted octanol–water partition coefficient (Wildman–Crippen LogP) is 4.95. The summed E-state index contributed by atoms with van der Waals surface area (Å²) in [7, 11) is 0. The average molecular weight is 482 g/mol. The van der Waals surface area contributed by atoms with E-state index in [1.807, 2.05) is 75.4 Å². The smallest absolute Gasteiger partial charge is 0.237 e. The predicted molar refractivity (Wildman–Crippen MR) is 142 cm³/mol. The molecule has 0 bridgehead atoms. The van der Waals surface area contributed by atoms with Crippen molar-refractivity contribution >= 4 is 11.8 Å². The molecule has 2 rings (SSSR count). The Hall–Kier alpha value is -2.86. The quantitative estimate of drug-likeness (QED) is 0.356. The van der Waals surface area contributed by atoms with Gasteiger partial charge in [0.1, 0.15) is 5.75 Å². The van der Waals surface area contributed by atoms with Crippen LogP contribution in [-0.4, -0.2) is 31.0 Å². The normalized spacial score (nSPS) is 15.4. The molecule has 2 aromatic rings. The Kier molecular flexibility index (Phi) is 11.8. The highest BCUT2D eigenvalue weighted by Gasteiger charge is 2.24. The number of hydrogen-bond acceptors (Lipinski definition) is 4. The molecule has 6 nitrogen and oxygen atoms in total. The van der Waals surface area contributed by atoms with Crippen molar-refractivity contribution in [3.63, 3.8) is 0 Å². The number of ether oxygens (including phenoxy) is 1. The van der Waals surface area contributed by atoms with E-state index < -0.39 is 12.1 Å². The van der Waals surface area contributed by atoms with Crippen LogP contribution in [0.4, 0.5) is 0 Å². The Labute approximate surface area is 211 Å². The van der Waals surface area contributed by atoms with Crippen LogP contribution < -0.4 is 21.1 Å². The van der Waals surface area contributed by atoms with Crippen molar-refractivity contribution in [3.8, 4) is 5.75 Å². The molecule has 5 atom stereocenters. The highest BCUT2D eigenvalue weighted by molar-refractivity contribution is 5.84. The summed E-state index contributed by atoms with van der Waals surface area (Å²) in [6, 6.07) is 16.4. The van der Waals surface area contributed by atoms with Gasteiger partial charge in [-0.1, -0.05) is 83.0 Å². The van der Waals surface area contributed by atoms with Crippen LogP contribution in [0.15, 0.2) is 54.6 Å². The Bertz CT molecular complexity index is 901. The minimum absolute atomic E-state index is 0.0766. The molecule has 6 heteroatoms. The number of carbonyl (C=O) groups is 2. The SMILES string of the molecule is CCCC(C)COc1ccc([C@H](CNC(=O)[C@@H](N)[C@H](C)CC)NC(=O)C(C)c2ccccc2)cc1. The zero-order valence-corrected chi connectivity index (χ0v) is 21.9. The van der Waals surface area contributed by atoms with Crippen LogP contribution in [0.5, 0.6) is 5.75 Å². The molecule has 0 aromatic heterocycles. The molecular formula is C29H43N3O3. The first kappa shape index (κ1) is 28.4. The number of rotatable bonds is 14. The summed E-state index contributed by atoms with van der Waals surface area (Å²) in [6.07, 6.45) is 3.09. The lowest BCUT2D eigenvalue weighted by molar-refractivity contribution is -0.125. The second-order valence-corrected chi connectivity index (χ2v) is 9.62. The van der Waals surface area contributed by atoms with Crippen molar-refractivity contribution < 1.29 is 14.3 Å². The molecule has 2 unspecified atom stereocenters. The number of hydrogen-bond donors (Lipinski definition) is 3. The molecule has 0 aliphatic carbocycles. The van der Waals surface area contributed by atoms with E-state index in [4.69, 9.17) is 10.5 Å². The number of benzene rings is 2. The maximum absolute atomic E-state index is 13.1. The van der Waals surface area contributed by atoms with E-state index in [-0.39, 0.29) is 30.2 Å². The molecule has 0 heterocycles. The molecular weight excluding hydrogens is 438 g/mol. The molecule has 0 radical (unpaired) electrons. The van der Waals surface area contributed by atoms with Gasteiger partial charge in [-0.25, -0.2) is 0 Å². The number of carbonyl (C=O) groups excluding carboxylic acids is 2. The number of amides is 2. The molecule has 0 saturated heterocycles. The van der Waals surface area contributed by atoms with Gasteiger partial charge in [-0.05, 0) is 48.4 Å². The molecule has 2 amide bonds. The zero-order chi connectivity index (χ0) is 25.8. The van der Waals surface area contributed by atoms with Gasteiger partial charge in [-0.3, -0.25) is 9.59 Å². The maximum Gasteiger partial charge on any atom is 0.237 e. The fourth-order valence-electron chi connectivity index (χ4n) is 3.89. The lowest BCUT2D eigenvalue weighted by Crippen LogP contribution is -2.47. The minimum atomic E-state index is -0.583. The summed E-state index contributed by atoms with van der Waals surface area (Å²) in [4.78, 5) is 25.7. The van der Waals surface area contributed by atoms with E-state index in [9.17, 15) is 9.59 Å². The Morgan fingerprint density at radius 3 is 2.17 bits per heavy atom. The summed E-state index contributed by atoms with van der Waals surface area (Å²) in [6.45, 7) is 11.1. The second-order valence-electron chi connectivity index (χ2n) is 9.62. The van der Waals surface area contributed by atoms with Gasteiger partial charge >= 0.3 is 0 Å². The van der Waals surface area contributed by atoms with Crippen LogP contribution in [0, 0.1) is 11.8 Å². The van der Waals surface area contributed by atoms with Crippen molar-refractivity contribution in [1.82, 2.24) is 10.6 Å². The van der Waals surface area contributed by atoms with E-state index in [0.29, 0.717) is 12.5 Å². The summed E-state index contributed by atoms with van der Waals surface area (Å²) in [5.41, 5.74) is 7.94. The van der Waals surface area contributed by atoms with Crippen LogP contribution in [0.25, 0.3) is 0 Å². The van der Waals surface area contributed by atoms with Crippen molar-refractivity contribution in [2.75, 3.05) is 13.2 Å². The Morgan fingerprint density at radius 2 is 1.57 bits per heavy atom.